The van der Waals surface area contributed by atoms with Crippen LogP contribution in [-0.2, 0) is 4.57 Å². The quantitative estimate of drug-likeness (QED) is 0.358. The molecule has 10 heteroatoms. The molecule has 0 saturated heterocycles. The summed E-state index contributed by atoms with van der Waals surface area (Å²) in [6.07, 6.45) is 0. The standard InChI is InChI=1S/C6H5N3.C2H8N2.H3O4P/c1-2-4-6-5(3-1)7-9-8-6;3-1-2-4;1-5(2,3)4/h1-4H,(H,7,8,9);1-4H2;(H3,1,2,3,4). The van der Waals surface area contributed by atoms with Crippen LogP contribution in [0.4, 0.5) is 0 Å². The van der Waals surface area contributed by atoms with Crippen LogP contribution in [0.15, 0.2) is 24.3 Å². The summed E-state index contributed by atoms with van der Waals surface area (Å²) in [6.45, 7) is 1.19. The van der Waals surface area contributed by atoms with Gasteiger partial charge in [0.1, 0.15) is 5.52 Å². The Morgan fingerprint density at radius 3 is 2.11 bits per heavy atom. The van der Waals surface area contributed by atoms with Crippen molar-refractivity contribution in [1.29, 1.82) is 0 Å². The van der Waals surface area contributed by atoms with Gasteiger partial charge in [-0.05, 0) is 12.1 Å². The minimum Gasteiger partial charge on any atom is -0.329 e. The fourth-order valence-corrected chi connectivity index (χ4v) is 0.788. The Balaban J connectivity index is 0.000000278. The third kappa shape index (κ3) is 9.85. The smallest absolute Gasteiger partial charge is 0.329 e. The molecule has 0 fully saturated rings. The Kier molecular flexibility index (Phi) is 8.05. The number of para-hydroxylation sites is 1. The van der Waals surface area contributed by atoms with Gasteiger partial charge < -0.3 is 26.1 Å². The van der Waals surface area contributed by atoms with Crippen LogP contribution in [0.5, 0.6) is 0 Å². The second-order valence-corrected chi connectivity index (χ2v) is 3.95. The maximum Gasteiger partial charge on any atom is 0.466 e. The van der Waals surface area contributed by atoms with Gasteiger partial charge >= 0.3 is 7.82 Å². The number of phosphoric acid groups is 1. The molecule has 0 saturated carbocycles. The van der Waals surface area contributed by atoms with Crippen molar-refractivity contribution in [2.24, 2.45) is 11.5 Å². The van der Waals surface area contributed by atoms with E-state index in [0.717, 1.165) is 11.0 Å². The molecule has 0 spiro atoms. The van der Waals surface area contributed by atoms with Crippen LogP contribution in [0.1, 0.15) is 0 Å². The SMILES string of the molecule is NCCN.O=P(O)(O)O.c1ccc2[nH]nnc2c1. The molecule has 1 aromatic heterocycles. The maximum atomic E-state index is 8.88. The minimum absolute atomic E-state index is 0.597. The van der Waals surface area contributed by atoms with Gasteiger partial charge in [0.05, 0.1) is 5.52 Å². The summed E-state index contributed by atoms with van der Waals surface area (Å²) in [6, 6.07) is 7.74. The van der Waals surface area contributed by atoms with E-state index in [1.165, 1.54) is 0 Å². The van der Waals surface area contributed by atoms with E-state index < -0.39 is 7.82 Å². The van der Waals surface area contributed by atoms with Crippen molar-refractivity contribution in [2.45, 2.75) is 0 Å². The summed E-state index contributed by atoms with van der Waals surface area (Å²) < 4.78 is 8.88. The van der Waals surface area contributed by atoms with Crippen LogP contribution in [0.25, 0.3) is 11.0 Å². The molecule has 0 bridgehead atoms. The Labute approximate surface area is 103 Å². The molecule has 18 heavy (non-hydrogen) atoms. The van der Waals surface area contributed by atoms with E-state index in [1.54, 1.807) is 0 Å². The van der Waals surface area contributed by atoms with Gasteiger partial charge in [-0.3, -0.25) is 5.10 Å². The van der Waals surface area contributed by atoms with Crippen LogP contribution in [0.3, 0.4) is 0 Å². The largest absolute Gasteiger partial charge is 0.466 e. The first-order chi connectivity index (χ1) is 8.38. The van der Waals surface area contributed by atoms with Crippen molar-refractivity contribution < 1.29 is 19.2 Å². The highest BCUT2D eigenvalue weighted by Gasteiger charge is 2.00. The number of nitrogens with zero attached hydrogens (tertiary/aromatic N) is 2. The maximum absolute atomic E-state index is 8.88. The van der Waals surface area contributed by atoms with Crippen LogP contribution < -0.4 is 11.5 Å². The van der Waals surface area contributed by atoms with E-state index >= 15 is 0 Å². The average molecular weight is 277 g/mol. The highest BCUT2D eigenvalue weighted by molar-refractivity contribution is 7.45. The van der Waals surface area contributed by atoms with E-state index in [9.17, 15) is 0 Å². The Hall–Kier alpha value is -1.35. The molecule has 8 N–H and O–H groups in total. The summed E-state index contributed by atoms with van der Waals surface area (Å²) >= 11 is 0. The third-order valence-electron chi connectivity index (χ3n) is 1.40. The fraction of sp³-hybridized carbons (Fsp3) is 0.250. The summed E-state index contributed by atoms with van der Waals surface area (Å²) in [7, 11) is -4.64. The van der Waals surface area contributed by atoms with Crippen molar-refractivity contribution in [2.75, 3.05) is 13.1 Å². The molecule has 0 aliphatic rings. The lowest BCUT2D eigenvalue weighted by Crippen LogP contribution is -2.11. The number of aromatic amines is 1. The number of aromatic nitrogens is 3. The van der Waals surface area contributed by atoms with Crippen LogP contribution in [0, 0.1) is 0 Å². The molecule has 1 heterocycles. The fourth-order valence-electron chi connectivity index (χ4n) is 0.788. The minimum atomic E-state index is -4.64. The lowest BCUT2D eigenvalue weighted by molar-refractivity contribution is 0.275. The van der Waals surface area contributed by atoms with Crippen molar-refractivity contribution >= 4 is 18.9 Å². The third-order valence-corrected chi connectivity index (χ3v) is 1.40. The second-order valence-electron chi connectivity index (χ2n) is 2.92. The van der Waals surface area contributed by atoms with Crippen molar-refractivity contribution in [1.82, 2.24) is 15.4 Å². The van der Waals surface area contributed by atoms with Gasteiger partial charge in [-0.2, -0.15) is 0 Å². The summed E-state index contributed by atoms with van der Waals surface area (Å²) in [5.74, 6) is 0. The Morgan fingerprint density at radius 2 is 1.67 bits per heavy atom. The number of hydrogen-bond acceptors (Lipinski definition) is 5. The van der Waals surface area contributed by atoms with Gasteiger partial charge in [0.15, 0.2) is 0 Å². The van der Waals surface area contributed by atoms with Crippen LogP contribution in [-0.4, -0.2) is 43.2 Å². The summed E-state index contributed by atoms with van der Waals surface area (Å²) in [5.41, 5.74) is 11.7. The van der Waals surface area contributed by atoms with E-state index in [-0.39, 0.29) is 0 Å². The average Bonchev–Trinajstić information content (AvgIpc) is 2.75. The van der Waals surface area contributed by atoms with Gasteiger partial charge in [-0.1, -0.05) is 17.3 Å². The first-order valence-corrected chi connectivity index (χ1v) is 6.39. The van der Waals surface area contributed by atoms with Gasteiger partial charge in [0.25, 0.3) is 0 Å². The number of hydrogen-bond donors (Lipinski definition) is 6. The topological polar surface area (TPSA) is 171 Å². The monoisotopic (exact) mass is 277 g/mol. The zero-order valence-corrected chi connectivity index (χ0v) is 10.4. The van der Waals surface area contributed by atoms with E-state index in [4.69, 9.17) is 30.7 Å². The van der Waals surface area contributed by atoms with Crippen molar-refractivity contribution in [3.05, 3.63) is 24.3 Å². The molecular weight excluding hydrogens is 261 g/mol. The molecule has 2 rings (SSSR count). The molecule has 0 aliphatic heterocycles. The normalized spacial score (nSPS) is 10.1. The molecule has 0 amide bonds. The van der Waals surface area contributed by atoms with E-state index in [0.29, 0.717) is 13.1 Å². The molecule has 2 aromatic rings. The molecule has 0 atom stereocenters. The first-order valence-electron chi connectivity index (χ1n) is 4.82. The Bertz CT molecular complexity index is 445. The summed E-state index contributed by atoms with van der Waals surface area (Å²) in [4.78, 5) is 21.6. The van der Waals surface area contributed by atoms with E-state index in [2.05, 4.69) is 15.4 Å². The van der Waals surface area contributed by atoms with Gasteiger partial charge in [0.2, 0.25) is 0 Å². The molecule has 0 unspecified atom stereocenters. The zero-order valence-electron chi connectivity index (χ0n) is 9.47. The predicted octanol–water partition coefficient (Wildman–Crippen LogP) is -1.07. The van der Waals surface area contributed by atoms with Gasteiger partial charge in [0, 0.05) is 13.1 Å². The van der Waals surface area contributed by atoms with Crippen LogP contribution in [0.2, 0.25) is 0 Å². The number of benzene rings is 1. The summed E-state index contributed by atoms with van der Waals surface area (Å²) in [5, 5.41) is 10.2. The zero-order chi connectivity index (χ0) is 14.0. The van der Waals surface area contributed by atoms with E-state index in [1.807, 2.05) is 24.3 Å². The number of nitrogens with one attached hydrogen (secondary N) is 1. The molecule has 102 valence electrons. The molecule has 0 radical (unpaired) electrons. The number of H-pyrrole nitrogens is 1. The Morgan fingerprint density at radius 1 is 1.17 bits per heavy atom. The van der Waals surface area contributed by atoms with Gasteiger partial charge in [-0.15, -0.1) is 5.10 Å². The molecule has 9 nitrogen and oxygen atoms in total. The molecular formula is C8H16N5O4P. The number of nitrogens with two attached hydrogens (primary N) is 2. The lowest BCUT2D eigenvalue weighted by atomic mass is 10.3. The number of fused-ring (bicyclic) bond motifs is 1. The van der Waals surface area contributed by atoms with Gasteiger partial charge in [-0.25, -0.2) is 4.57 Å². The lowest BCUT2D eigenvalue weighted by Gasteiger charge is -1.82. The number of rotatable bonds is 1. The van der Waals surface area contributed by atoms with Crippen molar-refractivity contribution in [3.8, 4) is 0 Å². The van der Waals surface area contributed by atoms with Crippen LogP contribution >= 0.6 is 7.82 Å². The first kappa shape index (κ1) is 16.6. The second kappa shape index (κ2) is 8.70. The highest BCUT2D eigenvalue weighted by atomic mass is 31.2. The molecule has 1 aromatic carbocycles. The van der Waals surface area contributed by atoms with Crippen molar-refractivity contribution in [3.63, 3.8) is 0 Å². The highest BCUT2D eigenvalue weighted by Crippen LogP contribution is 2.25. The predicted molar refractivity (Wildman–Crippen MR) is 66.3 cm³/mol. The molecule has 0 aliphatic carbocycles.